The van der Waals surface area contributed by atoms with Crippen LogP contribution in [0.3, 0.4) is 0 Å². The summed E-state index contributed by atoms with van der Waals surface area (Å²) in [5.41, 5.74) is 4.91. The number of halogens is 1. The second-order valence-corrected chi connectivity index (χ2v) is 8.27. The highest BCUT2D eigenvalue weighted by Gasteiger charge is 2.25. The van der Waals surface area contributed by atoms with Crippen LogP contribution in [0.5, 0.6) is 5.75 Å². The van der Waals surface area contributed by atoms with E-state index in [0.717, 1.165) is 51.0 Å². The number of carbonyl (C=O) groups excluding carboxylic acids is 1. The first-order chi connectivity index (χ1) is 15.2. The second kappa shape index (κ2) is 9.92. The summed E-state index contributed by atoms with van der Waals surface area (Å²) in [6, 6.07) is 23.2. The molecular weight excluding hydrogens is 454 g/mol. The van der Waals surface area contributed by atoms with Crippen LogP contribution in [0.25, 0.3) is 0 Å². The summed E-state index contributed by atoms with van der Waals surface area (Å²) in [4.78, 5) is 17.7. The minimum absolute atomic E-state index is 0.349. The molecule has 0 fully saturated rings. The van der Waals surface area contributed by atoms with Gasteiger partial charge in [-0.2, -0.15) is 0 Å². The van der Waals surface area contributed by atoms with Gasteiger partial charge in [-0.3, -0.25) is 4.99 Å². The van der Waals surface area contributed by atoms with Crippen LogP contribution >= 0.6 is 15.9 Å². The molecule has 3 aromatic carbocycles. The molecule has 5 heteroatoms. The zero-order valence-corrected chi connectivity index (χ0v) is 19.0. The van der Waals surface area contributed by atoms with Crippen molar-refractivity contribution >= 4 is 27.6 Å². The quantitative estimate of drug-likeness (QED) is 0.352. The average Bonchev–Trinajstić information content (AvgIpc) is 2.84. The van der Waals surface area contributed by atoms with Crippen molar-refractivity contribution in [3.05, 3.63) is 99.5 Å². The van der Waals surface area contributed by atoms with Gasteiger partial charge in [0.2, 0.25) is 0 Å². The normalized spacial score (nSPS) is 13.5. The Hall–Kier alpha value is -2.92. The third kappa shape index (κ3) is 4.88. The lowest BCUT2D eigenvalue weighted by Gasteiger charge is -2.23. The Kier molecular flexibility index (Phi) is 6.82. The molecule has 0 aromatic heterocycles. The van der Waals surface area contributed by atoms with E-state index in [0.29, 0.717) is 13.0 Å². The SMILES string of the molecule is COC(=O)[C@H](Cc1ccc(Br)c2c1CCCO2)N=C(c1ccccc1)c1ccccc1. The Balaban J connectivity index is 1.77. The number of aliphatic imine (C=N–C) groups is 1. The molecule has 0 unspecified atom stereocenters. The number of ether oxygens (including phenoxy) is 2. The van der Waals surface area contributed by atoms with Crippen LogP contribution in [0.1, 0.15) is 28.7 Å². The van der Waals surface area contributed by atoms with Gasteiger partial charge >= 0.3 is 5.97 Å². The number of hydrogen-bond donors (Lipinski definition) is 0. The standard InChI is InChI=1S/C26H24BrNO3/c1-30-26(29)23(17-20-14-15-22(27)25-21(20)13-8-16-31-25)28-24(18-9-4-2-5-10-18)19-11-6-3-7-12-19/h2-7,9-12,14-15,23H,8,13,16-17H2,1H3/t23-/m0/s1. The third-order valence-corrected chi connectivity index (χ3v) is 6.02. The molecule has 1 aliphatic rings. The Morgan fingerprint density at radius 3 is 2.29 bits per heavy atom. The van der Waals surface area contributed by atoms with Crippen LogP contribution in [0.4, 0.5) is 0 Å². The lowest BCUT2D eigenvalue weighted by Crippen LogP contribution is -2.26. The minimum atomic E-state index is -0.660. The number of hydrogen-bond acceptors (Lipinski definition) is 4. The Labute approximate surface area is 191 Å². The predicted octanol–water partition coefficient (Wildman–Crippen LogP) is 5.40. The van der Waals surface area contributed by atoms with Gasteiger partial charge in [-0.15, -0.1) is 0 Å². The van der Waals surface area contributed by atoms with Crippen LogP contribution in [0, 0.1) is 0 Å². The van der Waals surface area contributed by atoms with Gasteiger partial charge in [0.05, 0.1) is 23.9 Å². The molecule has 0 saturated carbocycles. The summed E-state index contributed by atoms with van der Waals surface area (Å²) in [6.07, 6.45) is 2.34. The minimum Gasteiger partial charge on any atom is -0.492 e. The average molecular weight is 478 g/mol. The predicted molar refractivity (Wildman–Crippen MR) is 126 cm³/mol. The number of carbonyl (C=O) groups is 1. The summed E-state index contributed by atoms with van der Waals surface area (Å²) in [7, 11) is 1.41. The van der Waals surface area contributed by atoms with Crippen LogP contribution in [0.15, 0.2) is 82.3 Å². The summed E-state index contributed by atoms with van der Waals surface area (Å²) < 4.78 is 12.0. The number of rotatable bonds is 6. The van der Waals surface area contributed by atoms with Crippen molar-refractivity contribution in [1.29, 1.82) is 0 Å². The topological polar surface area (TPSA) is 47.9 Å². The van der Waals surface area contributed by atoms with E-state index in [4.69, 9.17) is 14.5 Å². The first-order valence-electron chi connectivity index (χ1n) is 10.4. The van der Waals surface area contributed by atoms with Crippen LogP contribution < -0.4 is 4.74 Å². The maximum absolute atomic E-state index is 12.8. The van der Waals surface area contributed by atoms with Crippen molar-refractivity contribution in [2.24, 2.45) is 4.99 Å². The van der Waals surface area contributed by atoms with Crippen molar-refractivity contribution in [1.82, 2.24) is 0 Å². The van der Waals surface area contributed by atoms with E-state index >= 15 is 0 Å². The largest absolute Gasteiger partial charge is 0.492 e. The molecule has 0 bridgehead atoms. The van der Waals surface area contributed by atoms with Gasteiger partial charge in [-0.05, 0) is 46.0 Å². The molecule has 0 aliphatic carbocycles. The summed E-state index contributed by atoms with van der Waals surface area (Å²) in [5.74, 6) is 0.528. The third-order valence-electron chi connectivity index (χ3n) is 5.39. The fourth-order valence-electron chi connectivity index (χ4n) is 3.87. The van der Waals surface area contributed by atoms with Gasteiger partial charge in [0, 0.05) is 17.5 Å². The molecule has 1 aliphatic heterocycles. The van der Waals surface area contributed by atoms with E-state index in [1.807, 2.05) is 72.8 Å². The molecule has 0 spiro atoms. The lowest BCUT2D eigenvalue weighted by atomic mass is 9.94. The number of benzene rings is 3. The van der Waals surface area contributed by atoms with Gasteiger partial charge < -0.3 is 9.47 Å². The fraction of sp³-hybridized carbons (Fsp3) is 0.231. The number of methoxy groups -OCH3 is 1. The molecule has 1 atom stereocenters. The number of esters is 1. The molecular formula is C26H24BrNO3. The zero-order valence-electron chi connectivity index (χ0n) is 17.4. The van der Waals surface area contributed by atoms with E-state index in [2.05, 4.69) is 15.9 Å². The summed E-state index contributed by atoms with van der Waals surface area (Å²) in [6.45, 7) is 0.708. The van der Waals surface area contributed by atoms with Gasteiger partial charge in [-0.25, -0.2) is 4.79 Å². The second-order valence-electron chi connectivity index (χ2n) is 7.42. The molecule has 0 amide bonds. The molecule has 0 saturated heterocycles. The van der Waals surface area contributed by atoms with Gasteiger partial charge in [0.15, 0.2) is 6.04 Å². The lowest BCUT2D eigenvalue weighted by molar-refractivity contribution is -0.142. The molecule has 31 heavy (non-hydrogen) atoms. The van der Waals surface area contributed by atoms with Gasteiger partial charge in [0.1, 0.15) is 5.75 Å². The van der Waals surface area contributed by atoms with E-state index in [-0.39, 0.29) is 5.97 Å². The highest BCUT2D eigenvalue weighted by atomic mass is 79.9. The van der Waals surface area contributed by atoms with Crippen LogP contribution in [0.2, 0.25) is 0 Å². The van der Waals surface area contributed by atoms with Crippen molar-refractivity contribution < 1.29 is 14.3 Å². The molecule has 0 N–H and O–H groups in total. The molecule has 158 valence electrons. The monoisotopic (exact) mass is 477 g/mol. The maximum Gasteiger partial charge on any atom is 0.330 e. The molecule has 0 radical (unpaired) electrons. The summed E-state index contributed by atoms with van der Waals surface area (Å²) in [5, 5.41) is 0. The van der Waals surface area contributed by atoms with Crippen molar-refractivity contribution in [2.45, 2.75) is 25.3 Å². The molecule has 1 heterocycles. The molecule has 4 nitrogen and oxygen atoms in total. The fourth-order valence-corrected chi connectivity index (χ4v) is 4.36. The van der Waals surface area contributed by atoms with Crippen LogP contribution in [-0.4, -0.2) is 31.4 Å². The first-order valence-corrected chi connectivity index (χ1v) is 11.2. The van der Waals surface area contributed by atoms with Crippen molar-refractivity contribution in [3.8, 4) is 5.75 Å². The van der Waals surface area contributed by atoms with Crippen LogP contribution in [-0.2, 0) is 22.4 Å². The number of nitrogens with zero attached hydrogens (tertiary/aromatic N) is 1. The Morgan fingerprint density at radius 1 is 1.03 bits per heavy atom. The van der Waals surface area contributed by atoms with Crippen molar-refractivity contribution in [2.75, 3.05) is 13.7 Å². The molecule has 4 rings (SSSR count). The van der Waals surface area contributed by atoms with E-state index < -0.39 is 6.04 Å². The molecule has 3 aromatic rings. The van der Waals surface area contributed by atoms with E-state index in [1.165, 1.54) is 7.11 Å². The number of fused-ring (bicyclic) bond motifs is 1. The Bertz CT molecular complexity index is 1040. The van der Waals surface area contributed by atoms with E-state index in [9.17, 15) is 4.79 Å². The maximum atomic E-state index is 12.8. The van der Waals surface area contributed by atoms with Gasteiger partial charge in [-0.1, -0.05) is 66.7 Å². The Morgan fingerprint density at radius 2 is 1.68 bits per heavy atom. The first kappa shape index (κ1) is 21.3. The zero-order chi connectivity index (χ0) is 21.6. The highest BCUT2D eigenvalue weighted by Crippen LogP contribution is 2.36. The smallest absolute Gasteiger partial charge is 0.330 e. The van der Waals surface area contributed by atoms with Crippen molar-refractivity contribution in [3.63, 3.8) is 0 Å². The summed E-state index contributed by atoms with van der Waals surface area (Å²) >= 11 is 3.58. The van der Waals surface area contributed by atoms with E-state index in [1.54, 1.807) is 0 Å². The van der Waals surface area contributed by atoms with Gasteiger partial charge in [0.25, 0.3) is 0 Å². The highest BCUT2D eigenvalue weighted by molar-refractivity contribution is 9.10.